The van der Waals surface area contributed by atoms with E-state index < -0.39 is 0 Å². The Morgan fingerprint density at radius 3 is 2.58 bits per heavy atom. The van der Waals surface area contributed by atoms with Crippen molar-refractivity contribution in [2.75, 3.05) is 26.3 Å². The van der Waals surface area contributed by atoms with Crippen LogP contribution in [0.5, 0.6) is 11.5 Å². The van der Waals surface area contributed by atoms with E-state index in [2.05, 4.69) is 0 Å². The lowest BCUT2D eigenvalue weighted by molar-refractivity contribution is -0.921. The molecule has 2 N–H and O–H groups in total. The molecule has 5 nitrogen and oxygen atoms in total. The maximum absolute atomic E-state index is 13.1. The number of morpholine rings is 1. The van der Waals surface area contributed by atoms with Gasteiger partial charge in [-0.05, 0) is 35.9 Å². The third-order valence-electron chi connectivity index (χ3n) is 4.71. The van der Waals surface area contributed by atoms with Crippen molar-refractivity contribution in [1.82, 2.24) is 0 Å². The predicted molar refractivity (Wildman–Crippen MR) is 92.7 cm³/mol. The summed E-state index contributed by atoms with van der Waals surface area (Å²) in [5.41, 5.74) is 1.75. The quantitative estimate of drug-likeness (QED) is 0.820. The topological polar surface area (TPSA) is 60.2 Å². The molecule has 0 radical (unpaired) electrons. The summed E-state index contributed by atoms with van der Waals surface area (Å²) in [5, 5.41) is 10.3. The Morgan fingerprint density at radius 1 is 1.12 bits per heavy atom. The van der Waals surface area contributed by atoms with Crippen molar-refractivity contribution >= 4 is 11.9 Å². The zero-order valence-electron chi connectivity index (χ0n) is 14.1. The number of ketones is 1. The summed E-state index contributed by atoms with van der Waals surface area (Å²) in [6, 6.07) is 8.94. The number of carbonyl (C=O) groups excluding carboxylic acids is 1. The van der Waals surface area contributed by atoms with Crippen LogP contribution in [-0.4, -0.2) is 37.2 Å². The minimum atomic E-state index is -0.338. The number of hydrogen-bond donors (Lipinski definition) is 2. The summed E-state index contributed by atoms with van der Waals surface area (Å²) in [7, 11) is 0. The number of rotatable bonds is 3. The molecule has 0 amide bonds. The lowest BCUT2D eigenvalue weighted by Gasteiger charge is -2.24. The molecule has 2 aliphatic heterocycles. The van der Waals surface area contributed by atoms with Gasteiger partial charge in [-0.2, -0.15) is 0 Å². The number of quaternary nitrogens is 1. The maximum atomic E-state index is 13.1. The Balaban J connectivity index is 1.64. The van der Waals surface area contributed by atoms with Crippen LogP contribution in [0.25, 0.3) is 6.08 Å². The second kappa shape index (κ2) is 6.90. The highest BCUT2D eigenvalue weighted by molar-refractivity contribution is 6.14. The number of benzene rings is 2. The fourth-order valence-electron chi connectivity index (χ4n) is 3.26. The third-order valence-corrected chi connectivity index (χ3v) is 4.71. The lowest BCUT2D eigenvalue weighted by Crippen LogP contribution is -3.12. The first-order chi connectivity index (χ1) is 12.6. The Hall–Kier alpha value is -2.70. The molecule has 0 unspecified atom stereocenters. The van der Waals surface area contributed by atoms with Gasteiger partial charge in [0.15, 0.2) is 11.5 Å². The van der Waals surface area contributed by atoms with Crippen molar-refractivity contribution in [3.8, 4) is 11.5 Å². The molecule has 26 heavy (non-hydrogen) atoms. The summed E-state index contributed by atoms with van der Waals surface area (Å²) < 4.78 is 24.2. The van der Waals surface area contributed by atoms with Gasteiger partial charge in [0, 0.05) is 0 Å². The summed E-state index contributed by atoms with van der Waals surface area (Å²) in [4.78, 5) is 13.9. The van der Waals surface area contributed by atoms with Gasteiger partial charge in [-0.15, -0.1) is 0 Å². The Labute approximate surface area is 150 Å². The minimum Gasteiger partial charge on any atom is -0.507 e. The van der Waals surface area contributed by atoms with E-state index in [0.717, 1.165) is 13.1 Å². The summed E-state index contributed by atoms with van der Waals surface area (Å²) in [6.45, 7) is 3.61. The van der Waals surface area contributed by atoms with E-state index >= 15 is 0 Å². The first-order valence-electron chi connectivity index (χ1n) is 8.58. The average molecular weight is 356 g/mol. The molecular weight excluding hydrogens is 337 g/mol. The molecule has 0 atom stereocenters. The Bertz CT molecular complexity index is 870. The van der Waals surface area contributed by atoms with Gasteiger partial charge in [-0.1, -0.05) is 12.1 Å². The number of aromatic hydroxyl groups is 1. The largest absolute Gasteiger partial charge is 0.507 e. The van der Waals surface area contributed by atoms with Crippen molar-refractivity contribution in [3.05, 3.63) is 64.7 Å². The fourth-order valence-corrected chi connectivity index (χ4v) is 3.26. The zero-order chi connectivity index (χ0) is 18.1. The summed E-state index contributed by atoms with van der Waals surface area (Å²) in [6.07, 6.45) is 1.59. The van der Waals surface area contributed by atoms with Crippen LogP contribution in [0.3, 0.4) is 0 Å². The number of carbonyl (C=O) groups is 1. The molecule has 2 heterocycles. The second-order valence-electron chi connectivity index (χ2n) is 6.47. The Morgan fingerprint density at radius 2 is 1.85 bits per heavy atom. The van der Waals surface area contributed by atoms with Crippen LogP contribution in [0.4, 0.5) is 4.39 Å². The average Bonchev–Trinajstić information content (AvgIpc) is 2.96. The van der Waals surface area contributed by atoms with E-state index in [1.54, 1.807) is 24.3 Å². The van der Waals surface area contributed by atoms with Crippen LogP contribution in [0, 0.1) is 5.82 Å². The van der Waals surface area contributed by atoms with Crippen LogP contribution in [-0.2, 0) is 11.3 Å². The molecule has 134 valence electrons. The highest BCUT2D eigenvalue weighted by Gasteiger charge is 2.32. The van der Waals surface area contributed by atoms with Crippen molar-refractivity contribution in [1.29, 1.82) is 0 Å². The smallest absolute Gasteiger partial charge is 0.231 e. The normalized spacial score (nSPS) is 18.8. The highest BCUT2D eigenvalue weighted by Crippen LogP contribution is 2.39. The number of phenols is 1. The molecular formula is C20H19FNO4+. The van der Waals surface area contributed by atoms with Crippen molar-refractivity contribution in [2.45, 2.75) is 6.54 Å². The number of nitrogens with one attached hydrogen (secondary N) is 1. The zero-order valence-corrected chi connectivity index (χ0v) is 14.1. The number of hydrogen-bond acceptors (Lipinski definition) is 4. The second-order valence-corrected chi connectivity index (χ2v) is 6.47. The number of allylic oxidation sites excluding steroid dienone is 1. The monoisotopic (exact) mass is 356 g/mol. The highest BCUT2D eigenvalue weighted by atomic mass is 19.1. The molecule has 0 aromatic heterocycles. The minimum absolute atomic E-state index is 0.124. The summed E-state index contributed by atoms with van der Waals surface area (Å²) in [5.74, 6) is 0.147. The Kier molecular flexibility index (Phi) is 4.44. The van der Waals surface area contributed by atoms with E-state index in [4.69, 9.17) is 9.47 Å². The number of halogens is 1. The molecule has 6 heteroatoms. The van der Waals surface area contributed by atoms with E-state index in [1.807, 2.05) is 0 Å². The van der Waals surface area contributed by atoms with E-state index in [0.29, 0.717) is 42.2 Å². The predicted octanol–water partition coefficient (Wildman–Crippen LogP) is 1.56. The van der Waals surface area contributed by atoms with Gasteiger partial charge in [0.1, 0.15) is 31.2 Å². The molecule has 1 fully saturated rings. The van der Waals surface area contributed by atoms with Gasteiger partial charge in [0.2, 0.25) is 5.78 Å². The van der Waals surface area contributed by atoms with Gasteiger partial charge >= 0.3 is 0 Å². The molecule has 2 aromatic carbocycles. The molecule has 4 rings (SSSR count). The van der Waals surface area contributed by atoms with Gasteiger partial charge in [-0.3, -0.25) is 4.79 Å². The fraction of sp³-hybridized carbons (Fsp3) is 0.250. The number of phenolic OH excluding ortho intramolecular Hbond substituents is 1. The molecule has 1 saturated heterocycles. The van der Waals surface area contributed by atoms with Gasteiger partial charge in [0.25, 0.3) is 0 Å². The van der Waals surface area contributed by atoms with Crippen LogP contribution in [0.1, 0.15) is 21.5 Å². The van der Waals surface area contributed by atoms with Crippen LogP contribution >= 0.6 is 0 Å². The lowest BCUT2D eigenvalue weighted by atomic mass is 10.0. The molecule has 0 bridgehead atoms. The van der Waals surface area contributed by atoms with Gasteiger partial charge in [0.05, 0.1) is 24.3 Å². The third kappa shape index (κ3) is 3.21. The van der Waals surface area contributed by atoms with Gasteiger partial charge < -0.3 is 19.5 Å². The van der Waals surface area contributed by atoms with Gasteiger partial charge in [-0.25, -0.2) is 4.39 Å². The van der Waals surface area contributed by atoms with Crippen molar-refractivity contribution in [2.24, 2.45) is 0 Å². The molecule has 0 aliphatic carbocycles. The van der Waals surface area contributed by atoms with Crippen LogP contribution in [0.2, 0.25) is 0 Å². The van der Waals surface area contributed by atoms with Crippen LogP contribution in [0.15, 0.2) is 42.2 Å². The van der Waals surface area contributed by atoms with Crippen molar-refractivity contribution < 1.29 is 28.7 Å². The van der Waals surface area contributed by atoms with E-state index in [-0.39, 0.29) is 23.1 Å². The molecule has 2 aromatic rings. The molecule has 0 saturated carbocycles. The maximum Gasteiger partial charge on any atom is 0.231 e. The molecule has 0 spiro atoms. The summed E-state index contributed by atoms with van der Waals surface area (Å²) >= 11 is 0. The first kappa shape index (κ1) is 16.8. The SMILES string of the molecule is O=C1/C(=C/c2ccc(F)cc2)Oc2c1ccc(O)c2C[NH+]1CCOCC1. The van der Waals surface area contributed by atoms with Crippen molar-refractivity contribution in [3.63, 3.8) is 0 Å². The standard InChI is InChI=1S/C20H18FNO4/c21-14-3-1-13(2-4-14)11-18-19(24)15-5-6-17(23)16(20(15)26-18)12-22-7-9-25-10-8-22/h1-6,11,23H,7-10,12H2/p+1/b18-11-. The number of Topliss-reactive ketones (excluding diaryl/α,β-unsaturated/α-hetero) is 1. The number of ether oxygens (including phenoxy) is 2. The number of fused-ring (bicyclic) bond motifs is 1. The molecule has 2 aliphatic rings. The van der Waals surface area contributed by atoms with Crippen LogP contribution < -0.4 is 9.64 Å². The van der Waals surface area contributed by atoms with E-state index in [9.17, 15) is 14.3 Å². The van der Waals surface area contributed by atoms with E-state index in [1.165, 1.54) is 23.1 Å². The first-order valence-corrected chi connectivity index (χ1v) is 8.58.